The lowest BCUT2D eigenvalue weighted by Crippen LogP contribution is -2.15. The summed E-state index contributed by atoms with van der Waals surface area (Å²) < 4.78 is 13.7. The zero-order chi connectivity index (χ0) is 19.2. The minimum Gasteiger partial charge on any atom is -0.378 e. The molecule has 0 saturated carbocycles. The van der Waals surface area contributed by atoms with E-state index < -0.39 is 0 Å². The highest BCUT2D eigenvalue weighted by Gasteiger charge is 2.10. The number of carbonyl (C=O) groups excluding carboxylic acids is 1. The van der Waals surface area contributed by atoms with Crippen LogP contribution in [0.2, 0.25) is 0 Å². The van der Waals surface area contributed by atoms with Gasteiger partial charge in [-0.3, -0.25) is 4.79 Å². The first-order valence-corrected chi connectivity index (χ1v) is 8.42. The second kappa shape index (κ2) is 8.27. The topological polar surface area (TPSA) is 70.2 Å². The molecule has 0 aliphatic carbocycles. The SMILES string of the molecule is CN(C)c1ccc(NC(=O)c2ccnc(NCc3ccccc3F)n2)cc1. The van der Waals surface area contributed by atoms with Crippen LogP contribution in [0.15, 0.2) is 60.8 Å². The molecular weight excluding hydrogens is 345 g/mol. The summed E-state index contributed by atoms with van der Waals surface area (Å²) in [5, 5.41) is 5.73. The van der Waals surface area contributed by atoms with Crippen molar-refractivity contribution in [2.24, 2.45) is 0 Å². The quantitative estimate of drug-likeness (QED) is 0.699. The first-order valence-electron chi connectivity index (χ1n) is 8.42. The fraction of sp³-hybridized carbons (Fsp3) is 0.150. The maximum absolute atomic E-state index is 13.7. The average Bonchev–Trinajstić information content (AvgIpc) is 2.68. The number of carbonyl (C=O) groups is 1. The minimum absolute atomic E-state index is 0.220. The van der Waals surface area contributed by atoms with Crippen molar-refractivity contribution in [3.8, 4) is 0 Å². The van der Waals surface area contributed by atoms with Gasteiger partial charge in [0.05, 0.1) is 0 Å². The van der Waals surface area contributed by atoms with Crippen molar-refractivity contribution >= 4 is 23.2 Å². The number of aromatic nitrogens is 2. The Labute approximate surface area is 157 Å². The third-order valence-corrected chi connectivity index (χ3v) is 3.92. The van der Waals surface area contributed by atoms with Crippen molar-refractivity contribution in [3.63, 3.8) is 0 Å². The molecule has 2 aromatic carbocycles. The fourth-order valence-electron chi connectivity index (χ4n) is 2.42. The van der Waals surface area contributed by atoms with Crippen molar-refractivity contribution in [3.05, 3.63) is 77.9 Å². The predicted octanol–water partition coefficient (Wildman–Crippen LogP) is 3.55. The van der Waals surface area contributed by atoms with Crippen LogP contribution >= 0.6 is 0 Å². The molecule has 0 saturated heterocycles. The van der Waals surface area contributed by atoms with Gasteiger partial charge < -0.3 is 15.5 Å². The van der Waals surface area contributed by atoms with Crippen LogP contribution in [-0.4, -0.2) is 30.0 Å². The number of amides is 1. The molecule has 1 heterocycles. The number of hydrogen-bond acceptors (Lipinski definition) is 5. The monoisotopic (exact) mass is 365 g/mol. The summed E-state index contributed by atoms with van der Waals surface area (Å²) in [4.78, 5) is 22.7. The number of halogens is 1. The molecule has 27 heavy (non-hydrogen) atoms. The Morgan fingerprint density at radius 1 is 1.07 bits per heavy atom. The number of nitrogens with zero attached hydrogens (tertiary/aromatic N) is 3. The van der Waals surface area contributed by atoms with E-state index in [1.165, 1.54) is 18.3 Å². The summed E-state index contributed by atoms with van der Waals surface area (Å²) >= 11 is 0. The normalized spacial score (nSPS) is 10.3. The second-order valence-electron chi connectivity index (χ2n) is 6.11. The molecular formula is C20H20FN5O. The van der Waals surface area contributed by atoms with Gasteiger partial charge in [0.25, 0.3) is 5.91 Å². The molecule has 0 aliphatic rings. The van der Waals surface area contributed by atoms with Gasteiger partial charge in [-0.25, -0.2) is 14.4 Å². The summed E-state index contributed by atoms with van der Waals surface area (Å²) in [5.74, 6) is -0.391. The van der Waals surface area contributed by atoms with E-state index in [0.29, 0.717) is 11.3 Å². The largest absolute Gasteiger partial charge is 0.378 e. The number of nitrogens with one attached hydrogen (secondary N) is 2. The number of anilines is 3. The number of rotatable bonds is 6. The summed E-state index contributed by atoms with van der Waals surface area (Å²) in [6.07, 6.45) is 1.49. The van der Waals surface area contributed by atoms with Gasteiger partial charge in [0.2, 0.25) is 5.95 Å². The predicted molar refractivity (Wildman–Crippen MR) is 104 cm³/mol. The molecule has 0 unspecified atom stereocenters. The van der Waals surface area contributed by atoms with E-state index in [4.69, 9.17) is 0 Å². The van der Waals surface area contributed by atoms with E-state index in [9.17, 15) is 9.18 Å². The average molecular weight is 365 g/mol. The molecule has 2 N–H and O–H groups in total. The van der Waals surface area contributed by atoms with Crippen LogP contribution in [0.5, 0.6) is 0 Å². The van der Waals surface area contributed by atoms with Crippen LogP contribution in [0.3, 0.4) is 0 Å². The molecule has 0 fully saturated rings. The van der Waals surface area contributed by atoms with Gasteiger partial charge in [-0.15, -0.1) is 0 Å². The van der Waals surface area contributed by atoms with Crippen LogP contribution in [0.1, 0.15) is 16.1 Å². The third kappa shape index (κ3) is 4.78. The molecule has 0 atom stereocenters. The van der Waals surface area contributed by atoms with Gasteiger partial charge in [0.15, 0.2) is 0 Å². The molecule has 7 heteroatoms. The molecule has 0 radical (unpaired) electrons. The Morgan fingerprint density at radius 2 is 1.81 bits per heavy atom. The lowest BCUT2D eigenvalue weighted by molar-refractivity contribution is 0.102. The van der Waals surface area contributed by atoms with Gasteiger partial charge in [-0.2, -0.15) is 0 Å². The minimum atomic E-state index is -0.344. The Bertz CT molecular complexity index is 928. The lowest BCUT2D eigenvalue weighted by Gasteiger charge is -2.13. The van der Waals surface area contributed by atoms with Crippen LogP contribution in [0.25, 0.3) is 0 Å². The molecule has 0 bridgehead atoms. The van der Waals surface area contributed by atoms with Crippen molar-refractivity contribution < 1.29 is 9.18 Å². The third-order valence-electron chi connectivity index (χ3n) is 3.92. The fourth-order valence-corrected chi connectivity index (χ4v) is 2.42. The van der Waals surface area contributed by atoms with Gasteiger partial charge in [-0.1, -0.05) is 18.2 Å². The van der Waals surface area contributed by atoms with Gasteiger partial charge >= 0.3 is 0 Å². The van der Waals surface area contributed by atoms with Crippen LogP contribution in [-0.2, 0) is 6.54 Å². The summed E-state index contributed by atoms with van der Waals surface area (Å²) in [6.45, 7) is 0.226. The van der Waals surface area contributed by atoms with Crippen molar-refractivity contribution in [2.45, 2.75) is 6.54 Å². The zero-order valence-electron chi connectivity index (χ0n) is 15.1. The van der Waals surface area contributed by atoms with E-state index in [0.717, 1.165) is 5.69 Å². The number of hydrogen-bond donors (Lipinski definition) is 2. The molecule has 3 rings (SSSR count). The highest BCUT2D eigenvalue weighted by molar-refractivity contribution is 6.03. The maximum atomic E-state index is 13.7. The van der Waals surface area contributed by atoms with E-state index in [-0.39, 0.29) is 29.9 Å². The van der Waals surface area contributed by atoms with Crippen molar-refractivity contribution in [1.82, 2.24) is 9.97 Å². The Balaban J connectivity index is 1.65. The smallest absolute Gasteiger partial charge is 0.274 e. The van der Waals surface area contributed by atoms with Crippen molar-refractivity contribution in [1.29, 1.82) is 0 Å². The van der Waals surface area contributed by atoms with E-state index in [2.05, 4.69) is 20.6 Å². The van der Waals surface area contributed by atoms with E-state index in [1.54, 1.807) is 18.2 Å². The van der Waals surface area contributed by atoms with Crippen LogP contribution < -0.4 is 15.5 Å². The molecule has 1 aromatic heterocycles. The summed E-state index contributed by atoms with van der Waals surface area (Å²) in [6, 6.07) is 15.5. The molecule has 1 amide bonds. The Morgan fingerprint density at radius 3 is 2.52 bits per heavy atom. The van der Waals surface area contributed by atoms with Crippen LogP contribution in [0.4, 0.5) is 21.7 Å². The first kappa shape index (κ1) is 18.3. The molecule has 0 spiro atoms. The lowest BCUT2D eigenvalue weighted by atomic mass is 10.2. The molecule has 0 aliphatic heterocycles. The second-order valence-corrected chi connectivity index (χ2v) is 6.11. The number of benzene rings is 2. The van der Waals surface area contributed by atoms with Gasteiger partial charge in [0, 0.05) is 43.8 Å². The Kier molecular flexibility index (Phi) is 5.61. The highest BCUT2D eigenvalue weighted by atomic mass is 19.1. The maximum Gasteiger partial charge on any atom is 0.274 e. The van der Waals surface area contributed by atoms with Gasteiger partial charge in [-0.05, 0) is 36.4 Å². The Hall–Kier alpha value is -3.48. The van der Waals surface area contributed by atoms with E-state index in [1.807, 2.05) is 43.3 Å². The summed E-state index contributed by atoms with van der Waals surface area (Å²) in [5.41, 5.74) is 2.43. The standard InChI is InChI=1S/C20H20FN5O/c1-26(2)16-9-7-15(8-10-16)24-19(27)18-11-12-22-20(25-18)23-13-14-5-3-4-6-17(14)21/h3-12H,13H2,1-2H3,(H,24,27)(H,22,23,25). The molecule has 138 valence electrons. The van der Waals surface area contributed by atoms with Crippen molar-refractivity contribution in [2.75, 3.05) is 29.6 Å². The molecule has 6 nitrogen and oxygen atoms in total. The summed E-state index contributed by atoms with van der Waals surface area (Å²) in [7, 11) is 3.90. The van der Waals surface area contributed by atoms with E-state index >= 15 is 0 Å². The van der Waals surface area contributed by atoms with Gasteiger partial charge in [0.1, 0.15) is 11.5 Å². The van der Waals surface area contributed by atoms with Crippen LogP contribution in [0, 0.1) is 5.82 Å². The first-order chi connectivity index (χ1) is 13.0. The molecule has 3 aromatic rings. The highest BCUT2D eigenvalue weighted by Crippen LogP contribution is 2.16. The zero-order valence-corrected chi connectivity index (χ0v) is 15.1.